The fraction of sp³-hybridized carbons (Fsp3) is 0.321. The normalized spacial score (nSPS) is 26.6. The third-order valence-corrected chi connectivity index (χ3v) is 8.57. The number of halogens is 1. The number of nitrogens with zero attached hydrogens (tertiary/aromatic N) is 2. The third kappa shape index (κ3) is 3.38. The summed E-state index contributed by atoms with van der Waals surface area (Å²) in [5.41, 5.74) is 3.18. The number of aryl methyl sites for hydroxylation is 1. The fourth-order valence-corrected chi connectivity index (χ4v) is 6.97. The van der Waals surface area contributed by atoms with Crippen LogP contribution in [0.5, 0.6) is 5.75 Å². The van der Waals surface area contributed by atoms with Gasteiger partial charge in [0.2, 0.25) is 0 Å². The molecule has 3 aromatic rings. The predicted molar refractivity (Wildman–Crippen MR) is 140 cm³/mol. The van der Waals surface area contributed by atoms with E-state index < -0.39 is 17.5 Å². The Bertz CT molecular complexity index is 1360. The van der Waals surface area contributed by atoms with E-state index in [2.05, 4.69) is 38.3 Å². The molecule has 0 radical (unpaired) electrons. The highest BCUT2D eigenvalue weighted by Crippen LogP contribution is 2.58. The number of ether oxygens (including phenoxy) is 1. The number of para-hydroxylation sites is 1. The van der Waals surface area contributed by atoms with Gasteiger partial charge < -0.3 is 10.1 Å². The molecule has 0 aliphatic carbocycles. The van der Waals surface area contributed by atoms with E-state index in [-0.39, 0.29) is 16.9 Å². The Morgan fingerprint density at radius 1 is 1.17 bits per heavy atom. The molecule has 2 fully saturated rings. The van der Waals surface area contributed by atoms with Gasteiger partial charge in [-0.2, -0.15) is 0 Å². The van der Waals surface area contributed by atoms with Crippen LogP contribution in [0.15, 0.2) is 71.2 Å². The van der Waals surface area contributed by atoms with Gasteiger partial charge in [0.15, 0.2) is 5.54 Å². The first-order valence-corrected chi connectivity index (χ1v) is 13.0. The van der Waals surface area contributed by atoms with Crippen LogP contribution in [0.3, 0.4) is 0 Å². The van der Waals surface area contributed by atoms with Gasteiger partial charge in [-0.15, -0.1) is 0 Å². The number of benzene rings is 3. The lowest BCUT2D eigenvalue weighted by atomic mass is 9.77. The molecular formula is C28H26BrN3O4. The maximum absolute atomic E-state index is 13.6. The second-order valence-corrected chi connectivity index (χ2v) is 10.7. The first kappa shape index (κ1) is 23.2. The summed E-state index contributed by atoms with van der Waals surface area (Å²) in [6, 6.07) is 20.1. The quantitative estimate of drug-likeness (QED) is 0.342. The summed E-state index contributed by atoms with van der Waals surface area (Å²) in [6.07, 6.45) is 1.72. The monoisotopic (exact) mass is 547 g/mol. The van der Waals surface area contributed by atoms with Crippen molar-refractivity contribution in [2.24, 2.45) is 0 Å². The van der Waals surface area contributed by atoms with Crippen molar-refractivity contribution in [1.82, 2.24) is 4.90 Å². The first-order valence-electron chi connectivity index (χ1n) is 12.2. The summed E-state index contributed by atoms with van der Waals surface area (Å²) in [5.74, 6) is -0.0457. The average molecular weight is 548 g/mol. The van der Waals surface area contributed by atoms with E-state index in [1.807, 2.05) is 61.5 Å². The SMILES string of the molecule is Cc1ccc(COc2ccc([C@H]3[C@H]([N+](=O)[O-])[C@]4(C(=O)Nc5ccccc54)N4CCC[C@@H]34)cc2Br)cc1. The highest BCUT2D eigenvalue weighted by molar-refractivity contribution is 9.10. The van der Waals surface area contributed by atoms with Crippen LogP contribution in [0.2, 0.25) is 0 Å². The van der Waals surface area contributed by atoms with Gasteiger partial charge in [0.25, 0.3) is 11.9 Å². The topological polar surface area (TPSA) is 84.7 Å². The molecule has 6 rings (SSSR count). The summed E-state index contributed by atoms with van der Waals surface area (Å²) in [5, 5.41) is 15.7. The molecule has 3 aliphatic rings. The largest absolute Gasteiger partial charge is 0.488 e. The minimum Gasteiger partial charge on any atom is -0.488 e. The van der Waals surface area contributed by atoms with E-state index in [1.54, 1.807) is 0 Å². The van der Waals surface area contributed by atoms with Crippen molar-refractivity contribution >= 4 is 27.5 Å². The molecule has 1 amide bonds. The molecule has 36 heavy (non-hydrogen) atoms. The van der Waals surface area contributed by atoms with Crippen LogP contribution < -0.4 is 10.1 Å². The molecule has 8 heteroatoms. The molecule has 0 aromatic heterocycles. The summed E-state index contributed by atoms with van der Waals surface area (Å²) >= 11 is 3.63. The minimum absolute atomic E-state index is 0.0940. The van der Waals surface area contributed by atoms with Crippen LogP contribution >= 0.6 is 15.9 Å². The van der Waals surface area contributed by atoms with Crippen molar-refractivity contribution in [2.45, 2.75) is 49.9 Å². The Hall–Kier alpha value is -3.23. The van der Waals surface area contributed by atoms with Crippen LogP contribution in [0.1, 0.15) is 41.0 Å². The Morgan fingerprint density at radius 2 is 1.94 bits per heavy atom. The molecule has 1 N–H and O–H groups in total. The van der Waals surface area contributed by atoms with Crippen molar-refractivity contribution in [3.8, 4) is 5.75 Å². The lowest BCUT2D eigenvalue weighted by Gasteiger charge is -2.32. The second-order valence-electron chi connectivity index (χ2n) is 9.89. The fourth-order valence-electron chi connectivity index (χ4n) is 6.46. The molecular weight excluding hydrogens is 522 g/mol. The van der Waals surface area contributed by atoms with Crippen molar-refractivity contribution in [3.63, 3.8) is 0 Å². The van der Waals surface area contributed by atoms with Crippen LogP contribution in [-0.4, -0.2) is 34.4 Å². The average Bonchev–Trinajstić information content (AvgIpc) is 3.52. The van der Waals surface area contributed by atoms with Gasteiger partial charge in [-0.05, 0) is 65.0 Å². The van der Waals surface area contributed by atoms with Gasteiger partial charge in [-0.25, -0.2) is 0 Å². The Morgan fingerprint density at radius 3 is 2.69 bits per heavy atom. The highest BCUT2D eigenvalue weighted by Gasteiger charge is 2.73. The molecule has 3 aromatic carbocycles. The standard InChI is InChI=1S/C28H26BrN3O4/c1-17-8-10-18(11-9-17)16-36-24-13-12-19(15-21(24)29)25-23-7-4-14-31(23)28(26(25)32(34)35)20-5-2-3-6-22(20)30-27(28)33/h2-3,5-6,8-13,15,23,25-26H,4,7,14,16H2,1H3,(H,30,33)/t23-,25+,26-,28+/m0/s1. The van der Waals surface area contributed by atoms with Crippen molar-refractivity contribution in [2.75, 3.05) is 11.9 Å². The van der Waals surface area contributed by atoms with Gasteiger partial charge in [0.1, 0.15) is 12.4 Å². The van der Waals surface area contributed by atoms with Crippen LogP contribution in [0, 0.1) is 17.0 Å². The molecule has 184 valence electrons. The predicted octanol–water partition coefficient (Wildman–Crippen LogP) is 5.39. The number of nitro groups is 1. The van der Waals surface area contributed by atoms with Crippen molar-refractivity contribution in [3.05, 3.63) is 104 Å². The summed E-state index contributed by atoms with van der Waals surface area (Å²) < 4.78 is 6.79. The molecule has 3 heterocycles. The van der Waals surface area contributed by atoms with Gasteiger partial charge >= 0.3 is 0 Å². The number of fused-ring (bicyclic) bond motifs is 4. The van der Waals surface area contributed by atoms with Gasteiger partial charge in [-0.1, -0.05) is 54.1 Å². The molecule has 0 unspecified atom stereocenters. The number of amides is 1. The van der Waals surface area contributed by atoms with E-state index >= 15 is 0 Å². The lowest BCUT2D eigenvalue weighted by Crippen LogP contribution is -2.55. The number of rotatable bonds is 5. The number of hydrogen-bond acceptors (Lipinski definition) is 5. The van der Waals surface area contributed by atoms with E-state index in [4.69, 9.17) is 4.74 Å². The summed E-state index contributed by atoms with van der Waals surface area (Å²) in [4.78, 5) is 28.2. The van der Waals surface area contributed by atoms with Crippen LogP contribution in [0.4, 0.5) is 5.69 Å². The molecule has 0 saturated carbocycles. The molecule has 2 saturated heterocycles. The molecule has 3 aliphatic heterocycles. The maximum atomic E-state index is 13.6. The summed E-state index contributed by atoms with van der Waals surface area (Å²) in [7, 11) is 0. The third-order valence-electron chi connectivity index (χ3n) is 7.95. The van der Waals surface area contributed by atoms with Crippen LogP contribution in [-0.2, 0) is 16.9 Å². The van der Waals surface area contributed by atoms with E-state index in [9.17, 15) is 14.9 Å². The Labute approximate surface area is 217 Å². The highest BCUT2D eigenvalue weighted by atomic mass is 79.9. The second kappa shape index (κ2) is 8.71. The van der Waals surface area contributed by atoms with E-state index in [1.165, 1.54) is 5.56 Å². The Balaban J connectivity index is 1.37. The number of nitrogens with one attached hydrogen (secondary N) is 1. The lowest BCUT2D eigenvalue weighted by molar-refractivity contribution is -0.534. The summed E-state index contributed by atoms with van der Waals surface area (Å²) in [6.45, 7) is 3.13. The van der Waals surface area contributed by atoms with Gasteiger partial charge in [0.05, 0.1) is 10.4 Å². The van der Waals surface area contributed by atoms with Crippen LogP contribution in [0.25, 0.3) is 0 Å². The van der Waals surface area contributed by atoms with E-state index in [0.717, 1.165) is 28.4 Å². The smallest absolute Gasteiger partial charge is 0.256 e. The minimum atomic E-state index is -1.31. The number of hydrogen-bond donors (Lipinski definition) is 1. The van der Waals surface area contributed by atoms with E-state index in [0.29, 0.717) is 30.2 Å². The first-order chi connectivity index (χ1) is 17.4. The van der Waals surface area contributed by atoms with Crippen molar-refractivity contribution in [1.29, 1.82) is 0 Å². The Kier molecular flexibility index (Phi) is 5.61. The zero-order valence-corrected chi connectivity index (χ0v) is 21.4. The van der Waals surface area contributed by atoms with Gasteiger partial charge in [-0.3, -0.25) is 19.8 Å². The molecule has 0 bridgehead atoms. The van der Waals surface area contributed by atoms with Gasteiger partial charge in [0, 0.05) is 28.8 Å². The zero-order chi connectivity index (χ0) is 25.0. The molecule has 1 spiro atoms. The number of carbonyl (C=O) groups excluding carboxylic acids is 1. The molecule has 4 atom stereocenters. The molecule has 7 nitrogen and oxygen atoms in total. The number of anilines is 1. The van der Waals surface area contributed by atoms with Crippen molar-refractivity contribution < 1.29 is 14.5 Å². The number of carbonyl (C=O) groups is 1. The maximum Gasteiger partial charge on any atom is 0.256 e. The zero-order valence-electron chi connectivity index (χ0n) is 19.8.